The van der Waals surface area contributed by atoms with Crippen LogP contribution in [-0.2, 0) is 0 Å². The summed E-state index contributed by atoms with van der Waals surface area (Å²) in [6.45, 7) is 7.37. The normalized spacial score (nSPS) is 18.7. The van der Waals surface area contributed by atoms with Crippen LogP contribution in [0, 0.1) is 9.49 Å². The summed E-state index contributed by atoms with van der Waals surface area (Å²) in [5, 5.41) is 4.11. The van der Waals surface area contributed by atoms with Crippen LogP contribution in [0.2, 0.25) is 0 Å². The maximum atomic E-state index is 6.19. The lowest BCUT2D eigenvalue weighted by atomic mass is 10.2. The lowest BCUT2D eigenvalue weighted by Crippen LogP contribution is -2.15. The van der Waals surface area contributed by atoms with Crippen molar-refractivity contribution in [1.29, 1.82) is 0 Å². The SMILES string of the molecule is CC(C)CN1CC1COc1c(I)cccc1-c1nc(-c2ccncc2)no1. The van der Waals surface area contributed by atoms with Crippen molar-refractivity contribution in [1.82, 2.24) is 20.0 Å². The molecular weight excluding hydrogens is 455 g/mol. The number of hydrogen-bond donors (Lipinski definition) is 0. The minimum Gasteiger partial charge on any atom is -0.490 e. The molecule has 0 radical (unpaired) electrons. The van der Waals surface area contributed by atoms with Crippen LogP contribution < -0.4 is 4.74 Å². The highest BCUT2D eigenvalue weighted by Crippen LogP contribution is 2.35. The Kier molecular flexibility index (Phi) is 5.40. The number of para-hydroxylation sites is 1. The molecule has 1 aliphatic rings. The molecule has 2 aromatic heterocycles. The van der Waals surface area contributed by atoms with Crippen molar-refractivity contribution in [3.8, 4) is 28.6 Å². The minimum absolute atomic E-state index is 0.463. The summed E-state index contributed by atoms with van der Waals surface area (Å²) in [6, 6.07) is 10.2. The summed E-state index contributed by atoms with van der Waals surface area (Å²) in [5.41, 5.74) is 1.70. The number of aromatic nitrogens is 3. The van der Waals surface area contributed by atoms with Gasteiger partial charge in [-0.3, -0.25) is 9.88 Å². The fourth-order valence-corrected chi connectivity index (χ4v) is 3.68. The third-order valence-corrected chi connectivity index (χ3v) is 5.26. The Labute approximate surface area is 172 Å². The molecule has 0 amide bonds. The Morgan fingerprint density at radius 2 is 2.07 bits per heavy atom. The largest absolute Gasteiger partial charge is 0.490 e. The molecule has 1 aliphatic heterocycles. The molecule has 140 valence electrons. The number of nitrogens with zero attached hydrogens (tertiary/aromatic N) is 4. The van der Waals surface area contributed by atoms with Gasteiger partial charge in [0.25, 0.3) is 5.89 Å². The van der Waals surface area contributed by atoms with Gasteiger partial charge in [-0.25, -0.2) is 0 Å². The van der Waals surface area contributed by atoms with Gasteiger partial charge in [-0.05, 0) is 52.8 Å². The van der Waals surface area contributed by atoms with Crippen LogP contribution in [0.4, 0.5) is 0 Å². The first-order valence-corrected chi connectivity index (χ1v) is 10.1. The molecule has 1 saturated heterocycles. The first-order chi connectivity index (χ1) is 13.1. The van der Waals surface area contributed by atoms with Crippen LogP contribution in [0.5, 0.6) is 5.75 Å². The second-order valence-corrected chi connectivity index (χ2v) is 8.25. The molecule has 3 heterocycles. The van der Waals surface area contributed by atoms with E-state index in [1.54, 1.807) is 12.4 Å². The zero-order valence-corrected chi connectivity index (χ0v) is 17.5. The fraction of sp³-hybridized carbons (Fsp3) is 0.350. The van der Waals surface area contributed by atoms with Crippen molar-refractivity contribution in [3.63, 3.8) is 0 Å². The van der Waals surface area contributed by atoms with Crippen molar-refractivity contribution in [2.75, 3.05) is 19.7 Å². The Balaban J connectivity index is 1.52. The maximum absolute atomic E-state index is 6.19. The molecule has 1 fully saturated rings. The van der Waals surface area contributed by atoms with Gasteiger partial charge in [0.2, 0.25) is 5.82 Å². The average molecular weight is 476 g/mol. The molecule has 27 heavy (non-hydrogen) atoms. The molecule has 0 bridgehead atoms. The highest BCUT2D eigenvalue weighted by atomic mass is 127. The predicted molar refractivity (Wildman–Crippen MR) is 111 cm³/mol. The first-order valence-electron chi connectivity index (χ1n) is 9.01. The summed E-state index contributed by atoms with van der Waals surface area (Å²) in [5.74, 6) is 2.49. The zero-order valence-electron chi connectivity index (χ0n) is 15.3. The van der Waals surface area contributed by atoms with Crippen LogP contribution in [-0.4, -0.2) is 45.8 Å². The van der Waals surface area contributed by atoms with Gasteiger partial charge >= 0.3 is 0 Å². The molecule has 0 aliphatic carbocycles. The summed E-state index contributed by atoms with van der Waals surface area (Å²) < 4.78 is 12.7. The molecule has 0 spiro atoms. The van der Waals surface area contributed by atoms with E-state index < -0.39 is 0 Å². The Morgan fingerprint density at radius 1 is 1.26 bits per heavy atom. The standard InChI is InChI=1S/C20H21IN4O2/c1-13(2)10-25-11-15(25)12-26-18-16(4-3-5-17(18)21)20-23-19(24-27-20)14-6-8-22-9-7-14/h3-9,13,15H,10-12H2,1-2H3. The molecular formula is C20H21IN4O2. The summed E-state index contributed by atoms with van der Waals surface area (Å²) in [7, 11) is 0. The summed E-state index contributed by atoms with van der Waals surface area (Å²) >= 11 is 2.29. The molecule has 7 heteroatoms. The molecule has 4 rings (SSSR count). The number of rotatable bonds is 7. The molecule has 2 unspecified atom stereocenters. The highest BCUT2D eigenvalue weighted by Gasteiger charge is 2.35. The van der Waals surface area contributed by atoms with Crippen molar-refractivity contribution in [2.24, 2.45) is 5.92 Å². The van der Waals surface area contributed by atoms with E-state index in [4.69, 9.17) is 9.26 Å². The van der Waals surface area contributed by atoms with Crippen LogP contribution in [0.1, 0.15) is 13.8 Å². The summed E-state index contributed by atoms with van der Waals surface area (Å²) in [6.07, 6.45) is 3.42. The number of benzene rings is 1. The fourth-order valence-electron chi connectivity index (χ4n) is 3.03. The third kappa shape index (κ3) is 4.30. The van der Waals surface area contributed by atoms with Crippen molar-refractivity contribution < 1.29 is 9.26 Å². The minimum atomic E-state index is 0.463. The lowest BCUT2D eigenvalue weighted by molar-refractivity contribution is 0.286. The van der Waals surface area contributed by atoms with E-state index in [2.05, 4.69) is 56.5 Å². The van der Waals surface area contributed by atoms with Crippen molar-refractivity contribution >= 4 is 22.6 Å². The molecule has 6 nitrogen and oxygen atoms in total. The molecule has 1 aromatic carbocycles. The lowest BCUT2D eigenvalue weighted by Gasteiger charge is -2.12. The highest BCUT2D eigenvalue weighted by molar-refractivity contribution is 14.1. The number of ether oxygens (including phenoxy) is 1. The van der Waals surface area contributed by atoms with E-state index in [0.717, 1.165) is 33.5 Å². The quantitative estimate of drug-likeness (QED) is 0.378. The number of halogens is 1. The van der Waals surface area contributed by atoms with Crippen LogP contribution in [0.15, 0.2) is 47.2 Å². The zero-order chi connectivity index (χ0) is 18.8. The molecule has 3 aromatic rings. The Bertz CT molecular complexity index is 913. The van der Waals surface area contributed by atoms with Gasteiger partial charge < -0.3 is 9.26 Å². The van der Waals surface area contributed by atoms with Crippen LogP contribution in [0.3, 0.4) is 0 Å². The summed E-state index contributed by atoms with van der Waals surface area (Å²) in [4.78, 5) is 11.0. The maximum Gasteiger partial charge on any atom is 0.262 e. The van der Waals surface area contributed by atoms with Gasteiger partial charge in [0.1, 0.15) is 12.4 Å². The van der Waals surface area contributed by atoms with Crippen LogP contribution >= 0.6 is 22.6 Å². The third-order valence-electron chi connectivity index (χ3n) is 4.41. The van der Waals surface area contributed by atoms with E-state index in [0.29, 0.717) is 30.3 Å². The van der Waals surface area contributed by atoms with Gasteiger partial charge in [-0.2, -0.15) is 4.98 Å². The van der Waals surface area contributed by atoms with Gasteiger partial charge in [0.15, 0.2) is 0 Å². The second-order valence-electron chi connectivity index (χ2n) is 7.09. The first kappa shape index (κ1) is 18.4. The Hall–Kier alpha value is -2.00. The average Bonchev–Trinajstić information content (AvgIpc) is 3.20. The smallest absolute Gasteiger partial charge is 0.262 e. The van der Waals surface area contributed by atoms with Crippen LogP contribution in [0.25, 0.3) is 22.8 Å². The van der Waals surface area contributed by atoms with Gasteiger partial charge in [0, 0.05) is 31.0 Å². The van der Waals surface area contributed by atoms with Gasteiger partial charge in [0.05, 0.1) is 15.2 Å². The van der Waals surface area contributed by atoms with Crippen molar-refractivity contribution in [2.45, 2.75) is 19.9 Å². The predicted octanol–water partition coefficient (Wildman–Crippen LogP) is 4.12. The topological polar surface area (TPSA) is 64.1 Å². The number of hydrogen-bond acceptors (Lipinski definition) is 6. The van der Waals surface area contributed by atoms with Crippen molar-refractivity contribution in [3.05, 3.63) is 46.3 Å². The van der Waals surface area contributed by atoms with E-state index in [-0.39, 0.29) is 0 Å². The number of pyridine rings is 1. The van der Waals surface area contributed by atoms with Gasteiger partial charge in [-0.15, -0.1) is 0 Å². The van der Waals surface area contributed by atoms with Gasteiger partial charge in [-0.1, -0.05) is 25.1 Å². The van der Waals surface area contributed by atoms with E-state index >= 15 is 0 Å². The van der Waals surface area contributed by atoms with E-state index in [1.807, 2.05) is 30.3 Å². The van der Waals surface area contributed by atoms with E-state index in [9.17, 15) is 0 Å². The monoisotopic (exact) mass is 476 g/mol. The molecule has 0 N–H and O–H groups in total. The van der Waals surface area contributed by atoms with E-state index in [1.165, 1.54) is 0 Å². The molecule has 2 atom stereocenters. The second kappa shape index (κ2) is 7.93. The Morgan fingerprint density at radius 3 is 2.85 bits per heavy atom. The molecule has 0 saturated carbocycles.